The zero-order valence-corrected chi connectivity index (χ0v) is 9.14. The zero-order chi connectivity index (χ0) is 10.7. The third kappa shape index (κ3) is 2.63. The largest absolute Gasteiger partial charge is 0.481 e. The van der Waals surface area contributed by atoms with Crippen LogP contribution in [0.5, 0.6) is 0 Å². The highest BCUT2D eigenvalue weighted by atomic mass is 35.5. The fraction of sp³-hybridized carbons (Fsp3) is 0.300. The SMILES string of the molecule is C[C@@H](CC(=O)O)c1cccc(Cl)c1Cl. The molecule has 0 bridgehead atoms. The van der Waals surface area contributed by atoms with Gasteiger partial charge in [-0.05, 0) is 17.5 Å². The number of carbonyl (C=O) groups is 1. The second kappa shape index (κ2) is 4.67. The van der Waals surface area contributed by atoms with Crippen molar-refractivity contribution in [3.63, 3.8) is 0 Å². The molecule has 0 unspecified atom stereocenters. The molecule has 0 aliphatic rings. The molecule has 1 atom stereocenters. The van der Waals surface area contributed by atoms with Crippen LogP contribution in [0.4, 0.5) is 0 Å². The Morgan fingerprint density at radius 1 is 1.50 bits per heavy atom. The Hall–Kier alpha value is -0.730. The Morgan fingerprint density at radius 2 is 2.14 bits per heavy atom. The average Bonchev–Trinajstić information content (AvgIpc) is 2.08. The molecule has 14 heavy (non-hydrogen) atoms. The van der Waals surface area contributed by atoms with Crippen LogP contribution in [0.3, 0.4) is 0 Å². The molecular weight excluding hydrogens is 223 g/mol. The summed E-state index contributed by atoms with van der Waals surface area (Å²) >= 11 is 11.8. The van der Waals surface area contributed by atoms with Gasteiger partial charge in [0.1, 0.15) is 0 Å². The van der Waals surface area contributed by atoms with Crippen molar-refractivity contribution >= 4 is 29.2 Å². The minimum Gasteiger partial charge on any atom is -0.481 e. The van der Waals surface area contributed by atoms with Crippen molar-refractivity contribution in [2.24, 2.45) is 0 Å². The second-order valence-electron chi connectivity index (χ2n) is 3.14. The molecule has 0 aromatic heterocycles. The molecule has 0 fully saturated rings. The molecule has 1 aromatic rings. The van der Waals surface area contributed by atoms with Crippen LogP contribution in [0.2, 0.25) is 10.0 Å². The summed E-state index contributed by atoms with van der Waals surface area (Å²) in [7, 11) is 0. The number of aliphatic carboxylic acids is 1. The summed E-state index contributed by atoms with van der Waals surface area (Å²) in [5.74, 6) is -0.966. The number of hydrogen-bond acceptors (Lipinski definition) is 1. The number of benzene rings is 1. The smallest absolute Gasteiger partial charge is 0.303 e. The van der Waals surface area contributed by atoms with Gasteiger partial charge < -0.3 is 5.11 Å². The molecule has 1 rings (SSSR count). The van der Waals surface area contributed by atoms with E-state index >= 15 is 0 Å². The predicted molar refractivity (Wildman–Crippen MR) is 57.1 cm³/mol. The number of rotatable bonds is 3. The quantitative estimate of drug-likeness (QED) is 0.866. The first kappa shape index (κ1) is 11.3. The average molecular weight is 233 g/mol. The third-order valence-corrected chi connectivity index (χ3v) is 2.83. The van der Waals surface area contributed by atoms with Gasteiger partial charge in [0.15, 0.2) is 0 Å². The van der Waals surface area contributed by atoms with E-state index in [1.54, 1.807) is 18.2 Å². The van der Waals surface area contributed by atoms with Crippen LogP contribution < -0.4 is 0 Å². The molecule has 0 aliphatic carbocycles. The van der Waals surface area contributed by atoms with E-state index in [-0.39, 0.29) is 12.3 Å². The van der Waals surface area contributed by atoms with E-state index in [1.807, 2.05) is 6.92 Å². The van der Waals surface area contributed by atoms with Crippen molar-refractivity contribution in [3.05, 3.63) is 33.8 Å². The molecule has 2 nitrogen and oxygen atoms in total. The van der Waals surface area contributed by atoms with E-state index in [4.69, 9.17) is 28.3 Å². The van der Waals surface area contributed by atoms with E-state index in [1.165, 1.54) is 0 Å². The minimum absolute atomic E-state index is 0.0556. The Balaban J connectivity index is 2.95. The lowest BCUT2D eigenvalue weighted by Gasteiger charge is -2.11. The van der Waals surface area contributed by atoms with Crippen molar-refractivity contribution in [2.45, 2.75) is 19.3 Å². The van der Waals surface area contributed by atoms with Gasteiger partial charge in [-0.3, -0.25) is 4.79 Å². The number of halogens is 2. The summed E-state index contributed by atoms with van der Waals surface area (Å²) in [5.41, 5.74) is 0.779. The van der Waals surface area contributed by atoms with Gasteiger partial charge in [0.25, 0.3) is 0 Å². The van der Waals surface area contributed by atoms with Gasteiger partial charge in [0.05, 0.1) is 16.5 Å². The van der Waals surface area contributed by atoms with E-state index in [2.05, 4.69) is 0 Å². The van der Waals surface area contributed by atoms with Gasteiger partial charge in [-0.15, -0.1) is 0 Å². The first-order valence-electron chi connectivity index (χ1n) is 4.18. The molecule has 0 saturated carbocycles. The summed E-state index contributed by atoms with van der Waals surface area (Å²) in [6.07, 6.45) is 0.0556. The van der Waals surface area contributed by atoms with Crippen LogP contribution >= 0.6 is 23.2 Å². The van der Waals surface area contributed by atoms with Crippen molar-refractivity contribution in [2.75, 3.05) is 0 Å². The van der Waals surface area contributed by atoms with Crippen LogP contribution in [-0.2, 0) is 4.79 Å². The summed E-state index contributed by atoms with van der Waals surface area (Å²) < 4.78 is 0. The minimum atomic E-state index is -0.839. The van der Waals surface area contributed by atoms with Gasteiger partial charge in [-0.25, -0.2) is 0 Å². The maximum Gasteiger partial charge on any atom is 0.303 e. The molecule has 4 heteroatoms. The third-order valence-electron chi connectivity index (χ3n) is 1.99. The Kier molecular flexibility index (Phi) is 3.78. The lowest BCUT2D eigenvalue weighted by molar-refractivity contribution is -0.137. The van der Waals surface area contributed by atoms with Gasteiger partial charge >= 0.3 is 5.97 Å². The topological polar surface area (TPSA) is 37.3 Å². The second-order valence-corrected chi connectivity index (χ2v) is 3.93. The van der Waals surface area contributed by atoms with Crippen molar-refractivity contribution in [3.8, 4) is 0 Å². The zero-order valence-electron chi connectivity index (χ0n) is 7.63. The highest BCUT2D eigenvalue weighted by molar-refractivity contribution is 6.42. The van der Waals surface area contributed by atoms with E-state index < -0.39 is 5.97 Å². The predicted octanol–water partition coefficient (Wildman–Crippen LogP) is 3.57. The van der Waals surface area contributed by atoms with Gasteiger partial charge in [-0.1, -0.05) is 42.3 Å². The molecule has 0 heterocycles. The molecule has 0 amide bonds. The number of hydrogen-bond donors (Lipinski definition) is 1. The van der Waals surface area contributed by atoms with Crippen LogP contribution in [0, 0.1) is 0 Å². The summed E-state index contributed by atoms with van der Waals surface area (Å²) in [4.78, 5) is 10.5. The molecule has 1 N–H and O–H groups in total. The summed E-state index contributed by atoms with van der Waals surface area (Å²) in [6.45, 7) is 1.81. The molecule has 76 valence electrons. The Morgan fingerprint density at radius 3 is 2.71 bits per heavy atom. The van der Waals surface area contributed by atoms with E-state index in [9.17, 15) is 4.79 Å². The molecule has 0 saturated heterocycles. The van der Waals surface area contributed by atoms with Crippen LogP contribution in [0.15, 0.2) is 18.2 Å². The normalized spacial score (nSPS) is 12.5. The highest BCUT2D eigenvalue weighted by Gasteiger charge is 2.14. The fourth-order valence-corrected chi connectivity index (χ4v) is 1.77. The van der Waals surface area contributed by atoms with E-state index in [0.29, 0.717) is 10.0 Å². The first-order valence-corrected chi connectivity index (χ1v) is 4.93. The first-order chi connectivity index (χ1) is 6.52. The molecule has 0 radical (unpaired) electrons. The molecule has 0 aliphatic heterocycles. The fourth-order valence-electron chi connectivity index (χ4n) is 1.27. The van der Waals surface area contributed by atoms with Crippen LogP contribution in [0.1, 0.15) is 24.8 Å². The van der Waals surface area contributed by atoms with Crippen LogP contribution in [0.25, 0.3) is 0 Å². The number of carboxylic acids is 1. The maximum atomic E-state index is 10.5. The number of carboxylic acid groups (broad SMARTS) is 1. The molecular formula is C10H10Cl2O2. The van der Waals surface area contributed by atoms with Crippen molar-refractivity contribution < 1.29 is 9.90 Å². The lowest BCUT2D eigenvalue weighted by Crippen LogP contribution is -2.03. The van der Waals surface area contributed by atoms with Gasteiger partial charge in [0.2, 0.25) is 0 Å². The monoisotopic (exact) mass is 232 g/mol. The maximum absolute atomic E-state index is 10.5. The Bertz CT molecular complexity index is 350. The van der Waals surface area contributed by atoms with Crippen molar-refractivity contribution in [1.29, 1.82) is 0 Å². The highest BCUT2D eigenvalue weighted by Crippen LogP contribution is 2.32. The summed E-state index contributed by atoms with van der Waals surface area (Å²) in [5, 5.41) is 9.54. The van der Waals surface area contributed by atoms with Crippen molar-refractivity contribution in [1.82, 2.24) is 0 Å². The molecule has 0 spiro atoms. The van der Waals surface area contributed by atoms with E-state index in [0.717, 1.165) is 5.56 Å². The van der Waals surface area contributed by atoms with Gasteiger partial charge in [0, 0.05) is 0 Å². The Labute approximate surface area is 92.5 Å². The standard InChI is InChI=1S/C10H10Cl2O2/c1-6(5-9(13)14)7-3-2-4-8(11)10(7)12/h2-4,6H,5H2,1H3,(H,13,14)/t6-/m0/s1. The lowest BCUT2D eigenvalue weighted by atomic mass is 9.98. The van der Waals surface area contributed by atoms with Gasteiger partial charge in [-0.2, -0.15) is 0 Å². The summed E-state index contributed by atoms with van der Waals surface area (Å²) in [6, 6.07) is 5.24. The van der Waals surface area contributed by atoms with Crippen LogP contribution in [-0.4, -0.2) is 11.1 Å². The molecule has 1 aromatic carbocycles.